The number of carbonyl (C=O) groups is 3. The second-order valence-electron chi connectivity index (χ2n) is 20.6. The predicted molar refractivity (Wildman–Crippen MR) is 316 cm³/mol. The van der Waals surface area contributed by atoms with E-state index in [4.69, 9.17) is 14.2 Å². The summed E-state index contributed by atoms with van der Waals surface area (Å²) in [5.74, 6) is -0.905. The van der Waals surface area contributed by atoms with Gasteiger partial charge in [0.25, 0.3) is 0 Å². The SMILES string of the molecule is CC/C=C\C/C=C\C/C=C\C/C=C\C/C=C\C/C=C\C/C=C\CCCCCC(=O)OCC(COC(=O)CCCCCCCCCCCCC)OC(=O)CCCCCCCCCCCCCCCCCCCCC. The van der Waals surface area contributed by atoms with E-state index < -0.39 is 6.10 Å². The molecule has 0 aliphatic heterocycles. The summed E-state index contributed by atoms with van der Waals surface area (Å²) < 4.78 is 16.9. The van der Waals surface area contributed by atoms with Crippen molar-refractivity contribution in [3.63, 3.8) is 0 Å². The van der Waals surface area contributed by atoms with Crippen LogP contribution in [0.3, 0.4) is 0 Å². The molecule has 0 aromatic heterocycles. The minimum atomic E-state index is -0.788. The molecule has 0 fully saturated rings. The highest BCUT2D eigenvalue weighted by atomic mass is 16.6. The number of ether oxygens (including phenoxy) is 3. The molecule has 0 spiro atoms. The molecular weight excluding hydrogens is 901 g/mol. The van der Waals surface area contributed by atoms with E-state index in [1.807, 2.05) is 0 Å². The summed E-state index contributed by atoms with van der Waals surface area (Å²) in [5.41, 5.74) is 0. The Labute approximate surface area is 452 Å². The molecule has 6 nitrogen and oxygen atoms in total. The molecule has 0 N–H and O–H groups in total. The van der Waals surface area contributed by atoms with Crippen molar-refractivity contribution < 1.29 is 28.6 Å². The van der Waals surface area contributed by atoms with Crippen molar-refractivity contribution in [2.45, 2.75) is 309 Å². The van der Waals surface area contributed by atoms with Crippen LogP contribution in [0, 0.1) is 0 Å². The van der Waals surface area contributed by atoms with Crippen LogP contribution < -0.4 is 0 Å². The molecule has 6 heteroatoms. The Hall–Kier alpha value is -3.41. The molecule has 0 saturated carbocycles. The zero-order valence-electron chi connectivity index (χ0n) is 48.1. The van der Waals surface area contributed by atoms with Crippen molar-refractivity contribution in [1.29, 1.82) is 0 Å². The smallest absolute Gasteiger partial charge is 0.306 e. The fourth-order valence-corrected chi connectivity index (χ4v) is 8.78. The van der Waals surface area contributed by atoms with E-state index >= 15 is 0 Å². The van der Waals surface area contributed by atoms with Crippen LogP contribution in [0.2, 0.25) is 0 Å². The lowest BCUT2D eigenvalue weighted by molar-refractivity contribution is -0.167. The summed E-state index contributed by atoms with van der Waals surface area (Å²) in [5, 5.41) is 0. The van der Waals surface area contributed by atoms with Gasteiger partial charge in [-0.2, -0.15) is 0 Å². The third-order valence-corrected chi connectivity index (χ3v) is 13.4. The molecule has 420 valence electrons. The average molecular weight is 1020 g/mol. The first-order valence-electron chi connectivity index (χ1n) is 31.1. The third kappa shape index (κ3) is 59.3. The molecule has 0 rings (SSSR count). The first-order chi connectivity index (χ1) is 36.0. The minimum Gasteiger partial charge on any atom is -0.462 e. The van der Waals surface area contributed by atoms with Crippen molar-refractivity contribution in [1.82, 2.24) is 0 Å². The number of carbonyl (C=O) groups excluding carboxylic acids is 3. The Bertz CT molecular complexity index is 1400. The second kappa shape index (κ2) is 61.1. The highest BCUT2D eigenvalue weighted by Crippen LogP contribution is 2.17. The van der Waals surface area contributed by atoms with E-state index in [1.165, 1.54) is 154 Å². The van der Waals surface area contributed by atoms with Gasteiger partial charge in [-0.15, -0.1) is 0 Å². The minimum absolute atomic E-state index is 0.0834. The number of allylic oxidation sites excluding steroid dienone is 14. The highest BCUT2D eigenvalue weighted by molar-refractivity contribution is 5.71. The van der Waals surface area contributed by atoms with E-state index in [9.17, 15) is 14.4 Å². The summed E-state index contributed by atoms with van der Waals surface area (Å²) in [7, 11) is 0. The predicted octanol–water partition coefficient (Wildman–Crippen LogP) is 21.1. The number of hydrogen-bond acceptors (Lipinski definition) is 6. The van der Waals surface area contributed by atoms with Crippen LogP contribution in [0.25, 0.3) is 0 Å². The highest BCUT2D eigenvalue weighted by Gasteiger charge is 2.19. The van der Waals surface area contributed by atoms with E-state index in [1.54, 1.807) is 0 Å². The zero-order valence-corrected chi connectivity index (χ0v) is 48.1. The van der Waals surface area contributed by atoms with E-state index in [2.05, 4.69) is 106 Å². The fourth-order valence-electron chi connectivity index (χ4n) is 8.78. The maximum atomic E-state index is 12.9. The number of hydrogen-bond donors (Lipinski definition) is 0. The molecule has 0 bridgehead atoms. The molecule has 0 heterocycles. The molecule has 0 saturated heterocycles. The van der Waals surface area contributed by atoms with Gasteiger partial charge >= 0.3 is 17.9 Å². The molecule has 1 unspecified atom stereocenters. The van der Waals surface area contributed by atoms with Crippen LogP contribution in [0.15, 0.2) is 85.1 Å². The molecule has 0 aromatic carbocycles. The van der Waals surface area contributed by atoms with Crippen molar-refractivity contribution in [3.05, 3.63) is 85.1 Å². The number of esters is 3. The zero-order chi connectivity index (χ0) is 52.9. The summed E-state index contributed by atoms with van der Waals surface area (Å²) in [6, 6.07) is 0. The van der Waals surface area contributed by atoms with Crippen molar-refractivity contribution in [2.75, 3.05) is 13.2 Å². The summed E-state index contributed by atoms with van der Waals surface area (Å²) in [6.45, 7) is 6.52. The van der Waals surface area contributed by atoms with Gasteiger partial charge < -0.3 is 14.2 Å². The van der Waals surface area contributed by atoms with E-state index in [0.29, 0.717) is 19.3 Å². The first kappa shape index (κ1) is 69.6. The van der Waals surface area contributed by atoms with Crippen LogP contribution >= 0.6 is 0 Å². The molecule has 0 aliphatic rings. The van der Waals surface area contributed by atoms with Crippen LogP contribution in [0.4, 0.5) is 0 Å². The Morgan fingerprint density at radius 1 is 0.288 bits per heavy atom. The monoisotopic (exact) mass is 1020 g/mol. The van der Waals surface area contributed by atoms with Crippen LogP contribution in [-0.4, -0.2) is 37.2 Å². The van der Waals surface area contributed by atoms with Crippen molar-refractivity contribution >= 4 is 17.9 Å². The van der Waals surface area contributed by atoms with Gasteiger partial charge in [-0.05, 0) is 77.0 Å². The maximum absolute atomic E-state index is 12.9. The maximum Gasteiger partial charge on any atom is 0.306 e. The van der Waals surface area contributed by atoms with Crippen LogP contribution in [0.1, 0.15) is 303 Å². The van der Waals surface area contributed by atoms with Crippen LogP contribution in [0.5, 0.6) is 0 Å². The average Bonchev–Trinajstić information content (AvgIpc) is 3.39. The molecule has 0 aliphatic carbocycles. The van der Waals surface area contributed by atoms with Gasteiger partial charge in [0.1, 0.15) is 13.2 Å². The quantitative estimate of drug-likeness (QED) is 0.0261. The van der Waals surface area contributed by atoms with Gasteiger partial charge in [0.05, 0.1) is 0 Å². The standard InChI is InChI=1S/C67H116O6/c1-4-7-10-13-16-19-22-24-26-28-30-31-32-33-34-35-37-38-40-42-45-48-51-54-57-60-66(69)72-63-64(62-71-65(68)59-56-53-50-47-44-21-18-15-12-9-6-3)73-67(70)61-58-55-52-49-46-43-41-39-36-29-27-25-23-20-17-14-11-8-5-2/h7,10,16,19,24,26,30-31,33-34,37-38,42,45,64H,4-6,8-9,11-15,17-18,20-23,25,27-29,32,35-36,39-41,43-44,46-63H2,1-3H3/b10-7-,19-16-,26-24-,31-30-,34-33-,38-37-,45-42-. The van der Waals surface area contributed by atoms with Gasteiger partial charge in [0.15, 0.2) is 6.10 Å². The van der Waals surface area contributed by atoms with Gasteiger partial charge in [0, 0.05) is 19.3 Å². The largest absolute Gasteiger partial charge is 0.462 e. The molecule has 0 amide bonds. The Balaban J connectivity index is 4.35. The Kier molecular flexibility index (Phi) is 58.3. The number of unbranched alkanes of at least 4 members (excludes halogenated alkanes) is 31. The number of rotatable bonds is 56. The molecular formula is C67H116O6. The topological polar surface area (TPSA) is 78.9 Å². The lowest BCUT2D eigenvalue weighted by atomic mass is 10.0. The van der Waals surface area contributed by atoms with Gasteiger partial charge in [0.2, 0.25) is 0 Å². The van der Waals surface area contributed by atoms with Gasteiger partial charge in [-0.3, -0.25) is 14.4 Å². The van der Waals surface area contributed by atoms with Crippen LogP contribution in [-0.2, 0) is 28.6 Å². The summed E-state index contributed by atoms with van der Waals surface area (Å²) in [4.78, 5) is 38.2. The molecule has 0 aromatic rings. The fraction of sp³-hybridized carbons (Fsp3) is 0.746. The molecule has 73 heavy (non-hydrogen) atoms. The Morgan fingerprint density at radius 2 is 0.534 bits per heavy atom. The van der Waals surface area contributed by atoms with Gasteiger partial charge in [-0.25, -0.2) is 0 Å². The van der Waals surface area contributed by atoms with E-state index in [-0.39, 0.29) is 31.1 Å². The first-order valence-corrected chi connectivity index (χ1v) is 31.1. The van der Waals surface area contributed by atoms with E-state index in [0.717, 1.165) is 109 Å². The summed E-state index contributed by atoms with van der Waals surface area (Å²) in [6.07, 6.45) is 80.1. The lowest BCUT2D eigenvalue weighted by Crippen LogP contribution is -2.30. The normalized spacial score (nSPS) is 12.6. The van der Waals surface area contributed by atoms with Crippen molar-refractivity contribution in [2.24, 2.45) is 0 Å². The lowest BCUT2D eigenvalue weighted by Gasteiger charge is -2.18. The summed E-state index contributed by atoms with van der Waals surface area (Å²) >= 11 is 0. The molecule has 1 atom stereocenters. The third-order valence-electron chi connectivity index (χ3n) is 13.4. The second-order valence-corrected chi connectivity index (χ2v) is 20.6. The Morgan fingerprint density at radius 3 is 0.836 bits per heavy atom. The van der Waals surface area contributed by atoms with Gasteiger partial charge in [-0.1, -0.05) is 292 Å². The molecule has 0 radical (unpaired) electrons. The van der Waals surface area contributed by atoms with Crippen molar-refractivity contribution in [3.8, 4) is 0 Å².